The van der Waals surface area contributed by atoms with Gasteiger partial charge in [0.2, 0.25) is 0 Å². The summed E-state index contributed by atoms with van der Waals surface area (Å²) in [5.74, 6) is -0.318. The summed E-state index contributed by atoms with van der Waals surface area (Å²) < 4.78 is 81.6. The molecule has 4 aliphatic rings. The number of carbonyl (C=O) groups is 1. The van der Waals surface area contributed by atoms with Gasteiger partial charge in [0, 0.05) is 60.6 Å². The zero-order valence-corrected chi connectivity index (χ0v) is 28.0. The van der Waals surface area contributed by atoms with Crippen molar-refractivity contribution in [3.8, 4) is 0 Å². The molecular formula is C39H46F6N2O. The molecule has 48 heavy (non-hydrogen) atoms. The standard InChI is InChI=1S/C39H46F6N2O/c1-25-23-27(38(40,41)42)15-17-29(25)31-11-9-13-33(35(31)46-19-5-3-6-20-46)37(48)34-14-10-12-32(36(34)47-21-7-4-8-22-47)30-18-16-28(24-26(30)2)39(43,44)45/h15-18,23-24,31-32H,3-14,19-22H2,1-2H3. The Kier molecular flexibility index (Phi) is 10.1. The van der Waals surface area contributed by atoms with Gasteiger partial charge < -0.3 is 9.80 Å². The smallest absolute Gasteiger partial charge is 0.374 e. The van der Waals surface area contributed by atoms with Crippen LogP contribution in [0.25, 0.3) is 0 Å². The van der Waals surface area contributed by atoms with Crippen LogP contribution in [-0.2, 0) is 17.1 Å². The fourth-order valence-electron chi connectivity index (χ4n) is 8.74. The van der Waals surface area contributed by atoms with Gasteiger partial charge in [0.25, 0.3) is 0 Å². The van der Waals surface area contributed by atoms with Gasteiger partial charge in [-0.05, 0) is 137 Å². The van der Waals surface area contributed by atoms with Crippen molar-refractivity contribution >= 4 is 5.78 Å². The van der Waals surface area contributed by atoms with E-state index in [0.717, 1.165) is 124 Å². The first-order valence-corrected chi connectivity index (χ1v) is 17.7. The number of allylic oxidation sites excluding steroid dienone is 4. The summed E-state index contributed by atoms with van der Waals surface area (Å²) in [6.45, 7) is 6.73. The third-order valence-electron chi connectivity index (χ3n) is 11.0. The molecule has 0 aromatic heterocycles. The van der Waals surface area contributed by atoms with Gasteiger partial charge >= 0.3 is 12.4 Å². The Labute approximate surface area is 280 Å². The van der Waals surface area contributed by atoms with Crippen LogP contribution in [0, 0.1) is 13.8 Å². The van der Waals surface area contributed by atoms with Gasteiger partial charge in [0.15, 0.2) is 5.78 Å². The first-order valence-electron chi connectivity index (χ1n) is 17.7. The van der Waals surface area contributed by atoms with Crippen LogP contribution < -0.4 is 0 Å². The van der Waals surface area contributed by atoms with E-state index in [1.165, 1.54) is 24.3 Å². The minimum Gasteiger partial charge on any atom is -0.374 e. The molecule has 2 aliphatic carbocycles. The molecule has 2 fully saturated rings. The van der Waals surface area contributed by atoms with E-state index in [2.05, 4.69) is 9.80 Å². The van der Waals surface area contributed by atoms with Crippen LogP contribution in [0.5, 0.6) is 0 Å². The Hall–Kier alpha value is -3.23. The Morgan fingerprint density at radius 2 is 0.958 bits per heavy atom. The van der Waals surface area contributed by atoms with Crippen molar-refractivity contribution in [2.45, 2.75) is 115 Å². The number of alkyl halides is 6. The van der Waals surface area contributed by atoms with Gasteiger partial charge in [-0.25, -0.2) is 0 Å². The van der Waals surface area contributed by atoms with Crippen LogP contribution in [0.2, 0.25) is 0 Å². The number of hydrogen-bond acceptors (Lipinski definition) is 3. The van der Waals surface area contributed by atoms with Crippen molar-refractivity contribution in [1.82, 2.24) is 9.80 Å². The lowest BCUT2D eigenvalue weighted by Crippen LogP contribution is -2.38. The molecule has 0 spiro atoms. The fourth-order valence-corrected chi connectivity index (χ4v) is 8.74. The number of rotatable bonds is 6. The summed E-state index contributed by atoms with van der Waals surface area (Å²) in [5.41, 5.74) is 5.05. The molecule has 0 N–H and O–H groups in total. The summed E-state index contributed by atoms with van der Waals surface area (Å²) in [5, 5.41) is 0. The maximum atomic E-state index is 15.1. The topological polar surface area (TPSA) is 23.6 Å². The second kappa shape index (κ2) is 13.9. The van der Waals surface area contributed by atoms with E-state index in [1.54, 1.807) is 26.0 Å². The van der Waals surface area contributed by atoms with E-state index in [1.807, 2.05) is 0 Å². The van der Waals surface area contributed by atoms with Crippen molar-refractivity contribution in [3.63, 3.8) is 0 Å². The lowest BCUT2D eigenvalue weighted by atomic mass is 9.74. The van der Waals surface area contributed by atoms with E-state index in [-0.39, 0.29) is 17.6 Å². The lowest BCUT2D eigenvalue weighted by Gasteiger charge is -2.42. The first kappa shape index (κ1) is 34.6. The van der Waals surface area contributed by atoms with Crippen LogP contribution in [0.1, 0.15) is 122 Å². The highest BCUT2D eigenvalue weighted by atomic mass is 19.4. The van der Waals surface area contributed by atoms with E-state index < -0.39 is 23.5 Å². The Balaban J connectivity index is 1.48. The number of likely N-dealkylation sites (tertiary alicyclic amines) is 2. The summed E-state index contributed by atoms with van der Waals surface area (Å²) in [6, 6.07) is 8.02. The number of Topliss-reactive ketones (excluding diaryl/α,β-unsaturated/α-hetero) is 1. The van der Waals surface area contributed by atoms with Crippen molar-refractivity contribution in [2.75, 3.05) is 26.2 Å². The van der Waals surface area contributed by atoms with Crippen molar-refractivity contribution in [1.29, 1.82) is 0 Å². The molecule has 3 nitrogen and oxygen atoms in total. The second-order valence-electron chi connectivity index (χ2n) is 14.2. The SMILES string of the molecule is Cc1cc(C(F)(F)F)ccc1C1CCCC(C(=O)C2=C(N3CCCCC3)C(c3ccc(C(F)(F)F)cc3C)CCC2)=C1N1CCCCC1. The zero-order valence-electron chi connectivity index (χ0n) is 28.0. The normalized spacial score (nSPS) is 23.2. The highest BCUT2D eigenvalue weighted by Crippen LogP contribution is 2.47. The van der Waals surface area contributed by atoms with Crippen LogP contribution in [-0.4, -0.2) is 41.8 Å². The predicted molar refractivity (Wildman–Crippen MR) is 175 cm³/mol. The summed E-state index contributed by atoms with van der Waals surface area (Å²) in [6.07, 6.45) is 1.64. The molecule has 2 heterocycles. The maximum absolute atomic E-state index is 15.1. The third-order valence-corrected chi connectivity index (χ3v) is 11.0. The number of carbonyl (C=O) groups excluding carboxylic acids is 1. The lowest BCUT2D eigenvalue weighted by molar-refractivity contribution is -0.138. The minimum absolute atomic E-state index is 0.0275. The van der Waals surface area contributed by atoms with Crippen molar-refractivity contribution < 1.29 is 31.1 Å². The zero-order chi connectivity index (χ0) is 34.2. The van der Waals surface area contributed by atoms with Gasteiger partial charge in [0.05, 0.1) is 11.1 Å². The van der Waals surface area contributed by atoms with Crippen molar-refractivity contribution in [2.24, 2.45) is 0 Å². The molecule has 0 bridgehead atoms. The number of aryl methyl sites for hydroxylation is 2. The summed E-state index contributed by atoms with van der Waals surface area (Å²) in [4.78, 5) is 19.8. The molecule has 0 saturated carbocycles. The van der Waals surface area contributed by atoms with Crippen LogP contribution >= 0.6 is 0 Å². The van der Waals surface area contributed by atoms with Crippen LogP contribution in [0.15, 0.2) is 58.9 Å². The van der Waals surface area contributed by atoms with Crippen LogP contribution in [0.4, 0.5) is 26.3 Å². The van der Waals surface area contributed by atoms with Crippen LogP contribution in [0.3, 0.4) is 0 Å². The van der Waals surface area contributed by atoms with Gasteiger partial charge in [-0.1, -0.05) is 12.1 Å². The summed E-state index contributed by atoms with van der Waals surface area (Å²) in [7, 11) is 0. The molecule has 260 valence electrons. The summed E-state index contributed by atoms with van der Waals surface area (Å²) >= 11 is 0. The number of nitrogens with zero attached hydrogens (tertiary/aromatic N) is 2. The van der Waals surface area contributed by atoms with Gasteiger partial charge in [-0.15, -0.1) is 0 Å². The van der Waals surface area contributed by atoms with Gasteiger partial charge in [-0.3, -0.25) is 4.79 Å². The van der Waals surface area contributed by atoms with Gasteiger partial charge in [-0.2, -0.15) is 26.3 Å². The molecule has 6 rings (SSSR count). The largest absolute Gasteiger partial charge is 0.416 e. The number of piperidine rings is 2. The molecule has 2 atom stereocenters. The highest BCUT2D eigenvalue weighted by Gasteiger charge is 2.39. The fraction of sp³-hybridized carbons (Fsp3) is 0.564. The Morgan fingerprint density at radius 3 is 1.29 bits per heavy atom. The average Bonchev–Trinajstić information content (AvgIpc) is 3.07. The highest BCUT2D eigenvalue weighted by molar-refractivity contribution is 6.09. The molecule has 2 saturated heterocycles. The Morgan fingerprint density at radius 1 is 0.583 bits per heavy atom. The molecule has 9 heteroatoms. The molecule has 2 aliphatic heterocycles. The molecule has 2 aromatic carbocycles. The first-order chi connectivity index (χ1) is 22.8. The maximum Gasteiger partial charge on any atom is 0.416 e. The van der Waals surface area contributed by atoms with E-state index in [9.17, 15) is 26.3 Å². The molecule has 2 unspecified atom stereocenters. The third kappa shape index (κ3) is 7.07. The average molecular weight is 673 g/mol. The molecule has 2 aromatic rings. The molecule has 0 amide bonds. The van der Waals surface area contributed by atoms with E-state index in [0.29, 0.717) is 24.0 Å². The van der Waals surface area contributed by atoms with Crippen molar-refractivity contribution in [3.05, 3.63) is 92.3 Å². The van der Waals surface area contributed by atoms with E-state index in [4.69, 9.17) is 0 Å². The van der Waals surface area contributed by atoms with E-state index >= 15 is 4.79 Å². The minimum atomic E-state index is -4.43. The number of benzene rings is 2. The van der Waals surface area contributed by atoms with Gasteiger partial charge in [0.1, 0.15) is 0 Å². The number of halogens is 6. The predicted octanol–water partition coefficient (Wildman–Crippen LogP) is 10.6. The quantitative estimate of drug-likeness (QED) is 0.286. The monoisotopic (exact) mass is 672 g/mol. The number of ketones is 1. The molecular weight excluding hydrogens is 626 g/mol. The molecule has 0 radical (unpaired) electrons. The number of hydrogen-bond donors (Lipinski definition) is 0. The second-order valence-corrected chi connectivity index (χ2v) is 14.2. The Bertz CT molecular complexity index is 1460.